The van der Waals surface area contributed by atoms with Gasteiger partial charge in [0.15, 0.2) is 0 Å². The minimum Gasteiger partial charge on any atom is -0.375 e. The standard InChI is InChI=1S/C14H28N2OS/c1-11-7-14(9-15,8-12(2)17-11)16-5-6-18-13(3,4)10-16/h11-12H,5-10,15H2,1-4H3. The Labute approximate surface area is 116 Å². The van der Waals surface area contributed by atoms with Gasteiger partial charge in [0.2, 0.25) is 0 Å². The molecule has 18 heavy (non-hydrogen) atoms. The van der Waals surface area contributed by atoms with Gasteiger partial charge in [-0.15, -0.1) is 0 Å². The van der Waals surface area contributed by atoms with E-state index in [4.69, 9.17) is 10.5 Å². The Morgan fingerprint density at radius 1 is 1.28 bits per heavy atom. The predicted molar refractivity (Wildman–Crippen MR) is 79.1 cm³/mol. The van der Waals surface area contributed by atoms with Gasteiger partial charge in [-0.1, -0.05) is 0 Å². The molecule has 2 aliphatic heterocycles. The monoisotopic (exact) mass is 272 g/mol. The van der Waals surface area contributed by atoms with Gasteiger partial charge in [-0.3, -0.25) is 4.90 Å². The molecular weight excluding hydrogens is 244 g/mol. The van der Waals surface area contributed by atoms with Crippen LogP contribution in [0.2, 0.25) is 0 Å². The van der Waals surface area contributed by atoms with Crippen molar-refractivity contribution in [3.05, 3.63) is 0 Å². The van der Waals surface area contributed by atoms with Crippen molar-refractivity contribution in [1.82, 2.24) is 4.90 Å². The molecule has 0 aromatic heterocycles. The second kappa shape index (κ2) is 5.31. The Morgan fingerprint density at radius 2 is 1.89 bits per heavy atom. The fourth-order valence-corrected chi connectivity index (χ4v) is 4.73. The number of ether oxygens (including phenoxy) is 1. The summed E-state index contributed by atoms with van der Waals surface area (Å²) in [5.74, 6) is 1.22. The maximum Gasteiger partial charge on any atom is 0.0568 e. The Balaban J connectivity index is 2.15. The van der Waals surface area contributed by atoms with Crippen LogP contribution in [0.5, 0.6) is 0 Å². The van der Waals surface area contributed by atoms with Gasteiger partial charge in [0, 0.05) is 35.7 Å². The first-order valence-electron chi connectivity index (χ1n) is 7.11. The first-order chi connectivity index (χ1) is 8.37. The smallest absolute Gasteiger partial charge is 0.0568 e. The quantitative estimate of drug-likeness (QED) is 0.835. The highest BCUT2D eigenvalue weighted by atomic mass is 32.2. The summed E-state index contributed by atoms with van der Waals surface area (Å²) in [5, 5.41) is 0. The lowest BCUT2D eigenvalue weighted by Crippen LogP contribution is -2.63. The first kappa shape index (κ1) is 14.6. The molecule has 106 valence electrons. The highest BCUT2D eigenvalue weighted by Crippen LogP contribution is 2.39. The van der Waals surface area contributed by atoms with E-state index < -0.39 is 0 Å². The van der Waals surface area contributed by atoms with E-state index in [2.05, 4.69) is 44.4 Å². The summed E-state index contributed by atoms with van der Waals surface area (Å²) in [7, 11) is 0. The molecule has 4 heteroatoms. The van der Waals surface area contributed by atoms with Crippen molar-refractivity contribution in [2.45, 2.75) is 63.0 Å². The molecular formula is C14H28N2OS. The fourth-order valence-electron chi connectivity index (χ4n) is 3.62. The molecule has 2 N–H and O–H groups in total. The second-order valence-electron chi connectivity index (χ2n) is 6.62. The number of rotatable bonds is 2. The minimum absolute atomic E-state index is 0.162. The van der Waals surface area contributed by atoms with Gasteiger partial charge in [-0.25, -0.2) is 0 Å². The van der Waals surface area contributed by atoms with Crippen LogP contribution in [0.15, 0.2) is 0 Å². The third kappa shape index (κ3) is 3.03. The lowest BCUT2D eigenvalue weighted by molar-refractivity contribution is -0.104. The van der Waals surface area contributed by atoms with Crippen LogP contribution in [0.4, 0.5) is 0 Å². The Morgan fingerprint density at radius 3 is 2.39 bits per heavy atom. The number of thioether (sulfide) groups is 1. The third-order valence-corrected chi connectivity index (χ3v) is 5.57. The number of hydrogen-bond acceptors (Lipinski definition) is 4. The van der Waals surface area contributed by atoms with Crippen LogP contribution in [0.25, 0.3) is 0 Å². The molecule has 2 heterocycles. The van der Waals surface area contributed by atoms with Gasteiger partial charge in [0.05, 0.1) is 12.2 Å². The van der Waals surface area contributed by atoms with E-state index in [0.717, 1.165) is 25.9 Å². The largest absolute Gasteiger partial charge is 0.375 e. The summed E-state index contributed by atoms with van der Waals surface area (Å²) in [6.45, 7) is 12.1. The van der Waals surface area contributed by atoms with Crippen LogP contribution >= 0.6 is 11.8 Å². The average Bonchev–Trinajstić information content (AvgIpc) is 2.26. The third-order valence-electron chi connectivity index (χ3n) is 4.28. The van der Waals surface area contributed by atoms with Gasteiger partial charge in [0.1, 0.15) is 0 Å². The maximum atomic E-state index is 6.18. The van der Waals surface area contributed by atoms with Crippen molar-refractivity contribution in [1.29, 1.82) is 0 Å². The summed E-state index contributed by atoms with van der Waals surface area (Å²) in [4.78, 5) is 2.65. The molecule has 0 aliphatic carbocycles. The average molecular weight is 272 g/mol. The Hall–Kier alpha value is 0.230. The SMILES string of the molecule is CC1CC(CN)(N2CCSC(C)(C)C2)CC(C)O1. The van der Waals surface area contributed by atoms with Crippen molar-refractivity contribution in [2.75, 3.05) is 25.4 Å². The molecule has 0 saturated carbocycles. The highest BCUT2D eigenvalue weighted by Gasteiger charge is 2.45. The zero-order valence-corrected chi connectivity index (χ0v) is 13.1. The maximum absolute atomic E-state index is 6.18. The molecule has 0 aromatic carbocycles. The molecule has 3 nitrogen and oxygen atoms in total. The molecule has 2 rings (SSSR count). The van der Waals surface area contributed by atoms with Crippen LogP contribution in [0, 0.1) is 0 Å². The van der Waals surface area contributed by atoms with Crippen LogP contribution < -0.4 is 5.73 Å². The van der Waals surface area contributed by atoms with Gasteiger partial charge >= 0.3 is 0 Å². The first-order valence-corrected chi connectivity index (χ1v) is 8.10. The summed E-state index contributed by atoms with van der Waals surface area (Å²) in [5.41, 5.74) is 6.34. The van der Waals surface area contributed by atoms with Crippen LogP contribution in [-0.4, -0.2) is 52.8 Å². The topological polar surface area (TPSA) is 38.5 Å². The van der Waals surface area contributed by atoms with E-state index in [1.165, 1.54) is 12.3 Å². The molecule has 0 amide bonds. The Bertz CT molecular complexity index is 286. The van der Waals surface area contributed by atoms with E-state index in [1.54, 1.807) is 0 Å². The molecule has 2 unspecified atom stereocenters. The number of nitrogens with zero attached hydrogens (tertiary/aromatic N) is 1. The minimum atomic E-state index is 0.162. The predicted octanol–water partition coefficient (Wildman–Crippen LogP) is 2.10. The lowest BCUT2D eigenvalue weighted by atomic mass is 9.82. The van der Waals surface area contributed by atoms with Gasteiger partial charge < -0.3 is 10.5 Å². The number of nitrogens with two attached hydrogens (primary N) is 1. The van der Waals surface area contributed by atoms with Crippen molar-refractivity contribution in [3.8, 4) is 0 Å². The Kier molecular flexibility index (Phi) is 4.32. The molecule has 0 spiro atoms. The fraction of sp³-hybridized carbons (Fsp3) is 1.00. The molecule has 0 radical (unpaired) electrons. The normalized spacial score (nSPS) is 41.8. The van der Waals surface area contributed by atoms with Crippen LogP contribution in [-0.2, 0) is 4.74 Å². The van der Waals surface area contributed by atoms with Gasteiger partial charge in [0.25, 0.3) is 0 Å². The van der Waals surface area contributed by atoms with E-state index in [0.29, 0.717) is 17.0 Å². The summed E-state index contributed by atoms with van der Waals surface area (Å²) in [6.07, 6.45) is 2.81. The van der Waals surface area contributed by atoms with E-state index in [-0.39, 0.29) is 5.54 Å². The molecule has 2 fully saturated rings. The zero-order valence-electron chi connectivity index (χ0n) is 12.2. The van der Waals surface area contributed by atoms with Crippen LogP contribution in [0.3, 0.4) is 0 Å². The van der Waals surface area contributed by atoms with E-state index >= 15 is 0 Å². The molecule has 0 bridgehead atoms. The molecule has 2 atom stereocenters. The second-order valence-corrected chi connectivity index (χ2v) is 8.43. The summed E-state index contributed by atoms with van der Waals surface area (Å²) >= 11 is 2.09. The van der Waals surface area contributed by atoms with E-state index in [9.17, 15) is 0 Å². The molecule has 0 aromatic rings. The lowest BCUT2D eigenvalue weighted by Gasteiger charge is -2.53. The van der Waals surface area contributed by atoms with Crippen LogP contribution in [0.1, 0.15) is 40.5 Å². The summed E-state index contributed by atoms with van der Waals surface area (Å²) in [6, 6.07) is 0. The molecule has 2 aliphatic rings. The number of hydrogen-bond donors (Lipinski definition) is 1. The van der Waals surface area contributed by atoms with Crippen molar-refractivity contribution in [2.24, 2.45) is 5.73 Å². The zero-order chi connectivity index (χ0) is 13.4. The molecule has 2 saturated heterocycles. The van der Waals surface area contributed by atoms with Crippen molar-refractivity contribution >= 4 is 11.8 Å². The highest BCUT2D eigenvalue weighted by molar-refractivity contribution is 8.00. The van der Waals surface area contributed by atoms with Gasteiger partial charge in [-0.05, 0) is 40.5 Å². The van der Waals surface area contributed by atoms with Crippen molar-refractivity contribution in [3.63, 3.8) is 0 Å². The van der Waals surface area contributed by atoms with Gasteiger partial charge in [-0.2, -0.15) is 11.8 Å². The van der Waals surface area contributed by atoms with Crippen molar-refractivity contribution < 1.29 is 4.74 Å². The van der Waals surface area contributed by atoms with E-state index in [1.807, 2.05) is 0 Å². The summed E-state index contributed by atoms with van der Waals surface area (Å²) < 4.78 is 6.25.